The first-order chi connectivity index (χ1) is 6.41. The summed E-state index contributed by atoms with van der Waals surface area (Å²) in [7, 11) is 1.70. The van der Waals surface area contributed by atoms with Gasteiger partial charge in [-0.25, -0.2) is 0 Å². The molecular formula is C10H19NO2. The predicted molar refractivity (Wildman–Crippen MR) is 53.6 cm³/mol. The third-order valence-corrected chi connectivity index (χ3v) is 1.51. The molecule has 0 spiro atoms. The van der Waals surface area contributed by atoms with Gasteiger partial charge in [0.15, 0.2) is 0 Å². The topological polar surface area (TPSA) is 30.5 Å². The zero-order valence-corrected chi connectivity index (χ0v) is 8.34. The Kier molecular flexibility index (Phi) is 10.9. The van der Waals surface area contributed by atoms with Gasteiger partial charge >= 0.3 is 0 Å². The second-order valence-corrected chi connectivity index (χ2v) is 2.66. The third-order valence-electron chi connectivity index (χ3n) is 1.51. The van der Waals surface area contributed by atoms with Crippen molar-refractivity contribution in [3.63, 3.8) is 0 Å². The van der Waals surface area contributed by atoms with Gasteiger partial charge in [-0.2, -0.15) is 0 Å². The van der Waals surface area contributed by atoms with Gasteiger partial charge in [-0.15, -0.1) is 12.3 Å². The van der Waals surface area contributed by atoms with E-state index >= 15 is 0 Å². The first-order valence-electron chi connectivity index (χ1n) is 4.62. The molecule has 0 rings (SSSR count). The fraction of sp³-hybridized carbons (Fsp3) is 0.800. The van der Waals surface area contributed by atoms with Gasteiger partial charge in [0.2, 0.25) is 0 Å². The summed E-state index contributed by atoms with van der Waals surface area (Å²) < 4.78 is 10.2. The second-order valence-electron chi connectivity index (χ2n) is 2.66. The molecule has 0 aliphatic carbocycles. The minimum absolute atomic E-state index is 0.744. The van der Waals surface area contributed by atoms with Gasteiger partial charge in [-0.05, 0) is 6.42 Å². The lowest BCUT2D eigenvalue weighted by atomic mass is 10.4. The number of terminal acetylenes is 1. The summed E-state index contributed by atoms with van der Waals surface area (Å²) in [5.74, 6) is 2.57. The Hall–Kier alpha value is -0.560. The zero-order chi connectivity index (χ0) is 9.78. The average molecular weight is 185 g/mol. The molecule has 0 aliphatic heterocycles. The Morgan fingerprint density at radius 3 is 2.77 bits per heavy atom. The summed E-state index contributed by atoms with van der Waals surface area (Å²) in [5, 5.41) is 3.18. The van der Waals surface area contributed by atoms with E-state index in [0.717, 1.165) is 45.8 Å². The molecule has 0 fully saturated rings. The number of nitrogens with one attached hydrogen (secondary N) is 1. The molecule has 0 heterocycles. The minimum Gasteiger partial charge on any atom is -0.385 e. The molecular weight excluding hydrogens is 166 g/mol. The van der Waals surface area contributed by atoms with Crippen LogP contribution in [0.15, 0.2) is 0 Å². The number of hydrogen-bond acceptors (Lipinski definition) is 3. The monoisotopic (exact) mass is 185 g/mol. The fourth-order valence-corrected chi connectivity index (χ4v) is 0.837. The highest BCUT2D eigenvalue weighted by Gasteiger charge is 1.88. The molecule has 0 aromatic rings. The molecule has 3 nitrogen and oxygen atoms in total. The molecule has 76 valence electrons. The average Bonchev–Trinajstić information content (AvgIpc) is 2.16. The summed E-state index contributed by atoms with van der Waals surface area (Å²) in [5.41, 5.74) is 0. The summed E-state index contributed by atoms with van der Waals surface area (Å²) in [6.45, 7) is 4.02. The van der Waals surface area contributed by atoms with Crippen LogP contribution in [0.2, 0.25) is 0 Å². The quantitative estimate of drug-likeness (QED) is 0.422. The van der Waals surface area contributed by atoms with E-state index in [1.807, 2.05) is 0 Å². The SMILES string of the molecule is C#CCCNCCOCCCOC. The maximum Gasteiger partial charge on any atom is 0.0590 e. The number of hydrogen-bond donors (Lipinski definition) is 1. The molecule has 3 heteroatoms. The molecule has 0 unspecified atom stereocenters. The Labute approximate surface area is 80.8 Å². The molecule has 0 aromatic heterocycles. The van der Waals surface area contributed by atoms with Gasteiger partial charge in [0.1, 0.15) is 0 Å². The predicted octanol–water partition coefficient (Wildman–Crippen LogP) is 0.652. The van der Waals surface area contributed by atoms with Crippen LogP contribution in [-0.2, 0) is 9.47 Å². The Balaban J connectivity index is 2.80. The lowest BCUT2D eigenvalue weighted by Gasteiger charge is -2.04. The van der Waals surface area contributed by atoms with Crippen LogP contribution in [0, 0.1) is 12.3 Å². The Morgan fingerprint density at radius 1 is 1.23 bits per heavy atom. The normalized spacial score (nSPS) is 9.85. The van der Waals surface area contributed by atoms with Crippen LogP contribution in [0.25, 0.3) is 0 Å². The number of rotatable bonds is 9. The van der Waals surface area contributed by atoms with Crippen molar-refractivity contribution < 1.29 is 9.47 Å². The largest absolute Gasteiger partial charge is 0.385 e. The molecule has 0 aromatic carbocycles. The van der Waals surface area contributed by atoms with Crippen LogP contribution in [0.5, 0.6) is 0 Å². The molecule has 0 amide bonds. The van der Waals surface area contributed by atoms with E-state index in [-0.39, 0.29) is 0 Å². The summed E-state index contributed by atoms with van der Waals surface area (Å²) >= 11 is 0. The molecule has 0 saturated heterocycles. The summed E-state index contributed by atoms with van der Waals surface area (Å²) in [6, 6.07) is 0. The van der Waals surface area contributed by atoms with Gasteiger partial charge < -0.3 is 14.8 Å². The summed E-state index contributed by atoms with van der Waals surface area (Å²) in [6.07, 6.45) is 6.83. The van der Waals surface area contributed by atoms with Crippen LogP contribution in [-0.4, -0.2) is 40.0 Å². The fourth-order valence-electron chi connectivity index (χ4n) is 0.837. The zero-order valence-electron chi connectivity index (χ0n) is 8.34. The van der Waals surface area contributed by atoms with Crippen LogP contribution in [0.1, 0.15) is 12.8 Å². The van der Waals surface area contributed by atoms with E-state index in [1.165, 1.54) is 0 Å². The molecule has 0 saturated carbocycles. The highest BCUT2D eigenvalue weighted by molar-refractivity contribution is 4.83. The molecule has 0 bridgehead atoms. The second kappa shape index (κ2) is 11.4. The van der Waals surface area contributed by atoms with Crippen LogP contribution < -0.4 is 5.32 Å². The van der Waals surface area contributed by atoms with E-state index < -0.39 is 0 Å². The molecule has 0 radical (unpaired) electrons. The van der Waals surface area contributed by atoms with Gasteiger partial charge in [0, 0.05) is 39.8 Å². The standard InChI is InChI=1S/C10H19NO2/c1-3-4-6-11-7-10-13-9-5-8-12-2/h1,11H,4-10H2,2H3. The Morgan fingerprint density at radius 2 is 2.08 bits per heavy atom. The van der Waals surface area contributed by atoms with E-state index in [4.69, 9.17) is 15.9 Å². The van der Waals surface area contributed by atoms with Crippen molar-refractivity contribution in [3.05, 3.63) is 0 Å². The highest BCUT2D eigenvalue weighted by atomic mass is 16.5. The van der Waals surface area contributed by atoms with Crippen LogP contribution in [0.4, 0.5) is 0 Å². The molecule has 13 heavy (non-hydrogen) atoms. The van der Waals surface area contributed by atoms with Crippen LogP contribution in [0.3, 0.4) is 0 Å². The van der Waals surface area contributed by atoms with Crippen molar-refractivity contribution in [2.45, 2.75) is 12.8 Å². The van der Waals surface area contributed by atoms with E-state index in [0.29, 0.717) is 0 Å². The third kappa shape index (κ3) is 11.4. The van der Waals surface area contributed by atoms with Crippen molar-refractivity contribution >= 4 is 0 Å². The minimum atomic E-state index is 0.744. The van der Waals surface area contributed by atoms with Crippen molar-refractivity contribution in [1.29, 1.82) is 0 Å². The molecule has 1 N–H and O–H groups in total. The maximum absolute atomic E-state index is 5.32. The van der Waals surface area contributed by atoms with Gasteiger partial charge in [-0.1, -0.05) is 0 Å². The summed E-state index contributed by atoms with van der Waals surface area (Å²) in [4.78, 5) is 0. The van der Waals surface area contributed by atoms with Gasteiger partial charge in [-0.3, -0.25) is 0 Å². The van der Waals surface area contributed by atoms with Gasteiger partial charge in [0.25, 0.3) is 0 Å². The smallest absolute Gasteiger partial charge is 0.0590 e. The number of ether oxygens (including phenoxy) is 2. The van der Waals surface area contributed by atoms with E-state index in [2.05, 4.69) is 11.2 Å². The lowest BCUT2D eigenvalue weighted by Crippen LogP contribution is -2.20. The Bertz CT molecular complexity index is 131. The van der Waals surface area contributed by atoms with Crippen molar-refractivity contribution in [3.8, 4) is 12.3 Å². The van der Waals surface area contributed by atoms with Crippen molar-refractivity contribution in [2.24, 2.45) is 0 Å². The lowest BCUT2D eigenvalue weighted by molar-refractivity contribution is 0.104. The van der Waals surface area contributed by atoms with Crippen LogP contribution >= 0.6 is 0 Å². The van der Waals surface area contributed by atoms with Crippen molar-refractivity contribution in [2.75, 3.05) is 40.0 Å². The first kappa shape index (κ1) is 12.4. The number of methoxy groups -OCH3 is 1. The van der Waals surface area contributed by atoms with Crippen molar-refractivity contribution in [1.82, 2.24) is 5.32 Å². The molecule has 0 atom stereocenters. The van der Waals surface area contributed by atoms with E-state index in [1.54, 1.807) is 7.11 Å². The maximum atomic E-state index is 5.32. The first-order valence-corrected chi connectivity index (χ1v) is 4.62. The molecule has 0 aliphatic rings. The van der Waals surface area contributed by atoms with E-state index in [9.17, 15) is 0 Å². The van der Waals surface area contributed by atoms with Gasteiger partial charge in [0.05, 0.1) is 6.61 Å². The highest BCUT2D eigenvalue weighted by Crippen LogP contribution is 1.82.